The summed E-state index contributed by atoms with van der Waals surface area (Å²) in [5, 5.41) is 0. The Balaban J connectivity index is 2.52. The first kappa shape index (κ1) is 9.59. The monoisotopic (exact) mass is 228 g/mol. The summed E-state index contributed by atoms with van der Waals surface area (Å²) in [4.78, 5) is 0. The van der Waals surface area contributed by atoms with Crippen molar-refractivity contribution in [2.75, 3.05) is 6.61 Å². The van der Waals surface area contributed by atoms with Crippen molar-refractivity contribution in [2.45, 2.75) is 13.8 Å². The highest BCUT2D eigenvalue weighted by Crippen LogP contribution is 2.18. The van der Waals surface area contributed by atoms with Crippen LogP contribution < -0.4 is 4.74 Å². The van der Waals surface area contributed by atoms with Gasteiger partial charge in [0.05, 0.1) is 6.61 Å². The van der Waals surface area contributed by atoms with E-state index < -0.39 is 0 Å². The summed E-state index contributed by atoms with van der Waals surface area (Å²) < 4.78 is 6.58. The molecule has 0 unspecified atom stereocenters. The fourth-order valence-corrected chi connectivity index (χ4v) is 1.20. The fraction of sp³-hybridized carbons (Fsp3) is 0.400. The Morgan fingerprint density at radius 3 is 2.75 bits per heavy atom. The van der Waals surface area contributed by atoms with Crippen LogP contribution in [0.25, 0.3) is 0 Å². The van der Waals surface area contributed by atoms with Gasteiger partial charge in [0, 0.05) is 4.47 Å². The standard InChI is InChI=1S/C10H13BrO/c1-8(2)7-12-10-5-3-4-9(11)6-10/h3-6,8H,7H2,1-2H3. The smallest absolute Gasteiger partial charge is 0.120 e. The number of rotatable bonds is 3. The Bertz CT molecular complexity index is 245. The zero-order valence-electron chi connectivity index (χ0n) is 7.38. The maximum absolute atomic E-state index is 5.52. The Morgan fingerprint density at radius 1 is 1.42 bits per heavy atom. The molecule has 1 aromatic carbocycles. The molecule has 1 nitrogen and oxygen atoms in total. The highest BCUT2D eigenvalue weighted by atomic mass is 79.9. The van der Waals surface area contributed by atoms with E-state index in [1.54, 1.807) is 0 Å². The number of hydrogen-bond donors (Lipinski definition) is 0. The van der Waals surface area contributed by atoms with Gasteiger partial charge in [0.2, 0.25) is 0 Å². The molecule has 0 radical (unpaired) electrons. The number of hydrogen-bond acceptors (Lipinski definition) is 1. The molecule has 0 aromatic heterocycles. The molecule has 0 amide bonds. The van der Waals surface area contributed by atoms with Gasteiger partial charge in [-0.1, -0.05) is 35.8 Å². The van der Waals surface area contributed by atoms with Crippen LogP contribution >= 0.6 is 15.9 Å². The SMILES string of the molecule is CC(C)COc1cccc(Br)c1. The van der Waals surface area contributed by atoms with Crippen molar-refractivity contribution in [3.8, 4) is 5.75 Å². The quantitative estimate of drug-likeness (QED) is 0.770. The van der Waals surface area contributed by atoms with Gasteiger partial charge >= 0.3 is 0 Å². The van der Waals surface area contributed by atoms with Crippen molar-refractivity contribution in [3.05, 3.63) is 28.7 Å². The third-order valence-electron chi connectivity index (χ3n) is 1.38. The van der Waals surface area contributed by atoms with Gasteiger partial charge in [0.1, 0.15) is 5.75 Å². The van der Waals surface area contributed by atoms with E-state index in [9.17, 15) is 0 Å². The van der Waals surface area contributed by atoms with Crippen LogP contribution in [0, 0.1) is 5.92 Å². The second-order valence-electron chi connectivity index (χ2n) is 3.16. The van der Waals surface area contributed by atoms with Crippen LogP contribution in [-0.4, -0.2) is 6.61 Å². The molecule has 0 aliphatic heterocycles. The summed E-state index contributed by atoms with van der Waals surface area (Å²) in [6.07, 6.45) is 0. The molecule has 66 valence electrons. The van der Waals surface area contributed by atoms with E-state index in [0.717, 1.165) is 16.8 Å². The Kier molecular flexibility index (Phi) is 3.60. The topological polar surface area (TPSA) is 9.23 Å². The predicted octanol–water partition coefficient (Wildman–Crippen LogP) is 3.48. The third-order valence-corrected chi connectivity index (χ3v) is 1.87. The molecule has 0 N–H and O–H groups in total. The lowest BCUT2D eigenvalue weighted by atomic mass is 10.2. The molecule has 1 rings (SSSR count). The molecule has 2 heteroatoms. The minimum atomic E-state index is 0.573. The molecule has 0 heterocycles. The third kappa shape index (κ3) is 3.26. The van der Waals surface area contributed by atoms with E-state index in [-0.39, 0.29) is 0 Å². The lowest BCUT2D eigenvalue weighted by Crippen LogP contribution is -2.04. The molecule has 0 bridgehead atoms. The lowest BCUT2D eigenvalue weighted by Gasteiger charge is -2.08. The van der Waals surface area contributed by atoms with Crippen molar-refractivity contribution in [3.63, 3.8) is 0 Å². The maximum Gasteiger partial charge on any atom is 0.120 e. The molecule has 0 fully saturated rings. The summed E-state index contributed by atoms with van der Waals surface area (Å²) >= 11 is 3.39. The van der Waals surface area contributed by atoms with Gasteiger partial charge in [-0.3, -0.25) is 0 Å². The van der Waals surface area contributed by atoms with Crippen LogP contribution in [0.2, 0.25) is 0 Å². The molecule has 0 aliphatic rings. The molecule has 0 saturated carbocycles. The van der Waals surface area contributed by atoms with Crippen LogP contribution in [0.15, 0.2) is 28.7 Å². The molecular formula is C10H13BrO. The Morgan fingerprint density at radius 2 is 2.17 bits per heavy atom. The second-order valence-corrected chi connectivity index (χ2v) is 4.08. The Hall–Kier alpha value is -0.500. The van der Waals surface area contributed by atoms with Crippen LogP contribution in [0.1, 0.15) is 13.8 Å². The largest absolute Gasteiger partial charge is 0.493 e. The van der Waals surface area contributed by atoms with Crippen molar-refractivity contribution in [1.82, 2.24) is 0 Å². The van der Waals surface area contributed by atoms with E-state index in [4.69, 9.17) is 4.74 Å². The minimum absolute atomic E-state index is 0.573. The zero-order valence-corrected chi connectivity index (χ0v) is 8.97. The molecule has 0 atom stereocenters. The first-order chi connectivity index (χ1) is 5.68. The molecule has 0 spiro atoms. The van der Waals surface area contributed by atoms with Gasteiger partial charge in [-0.05, 0) is 24.1 Å². The first-order valence-corrected chi connectivity index (χ1v) is 4.86. The van der Waals surface area contributed by atoms with E-state index >= 15 is 0 Å². The van der Waals surface area contributed by atoms with Gasteiger partial charge in [0.25, 0.3) is 0 Å². The zero-order chi connectivity index (χ0) is 8.97. The normalized spacial score (nSPS) is 10.3. The van der Waals surface area contributed by atoms with Crippen molar-refractivity contribution in [1.29, 1.82) is 0 Å². The highest BCUT2D eigenvalue weighted by molar-refractivity contribution is 9.10. The maximum atomic E-state index is 5.52. The summed E-state index contributed by atoms with van der Waals surface area (Å²) in [6, 6.07) is 7.90. The number of benzene rings is 1. The van der Waals surface area contributed by atoms with Crippen molar-refractivity contribution in [2.24, 2.45) is 5.92 Å². The van der Waals surface area contributed by atoms with E-state index in [2.05, 4.69) is 29.8 Å². The van der Waals surface area contributed by atoms with Crippen molar-refractivity contribution < 1.29 is 4.74 Å². The Labute approximate surface area is 81.9 Å². The summed E-state index contributed by atoms with van der Waals surface area (Å²) in [5.74, 6) is 1.50. The molecule has 1 aromatic rings. The van der Waals surface area contributed by atoms with E-state index in [0.29, 0.717) is 5.92 Å². The molecule has 0 aliphatic carbocycles. The van der Waals surface area contributed by atoms with Crippen LogP contribution in [0.3, 0.4) is 0 Å². The van der Waals surface area contributed by atoms with Gasteiger partial charge in [-0.2, -0.15) is 0 Å². The molecule has 12 heavy (non-hydrogen) atoms. The van der Waals surface area contributed by atoms with Gasteiger partial charge in [-0.25, -0.2) is 0 Å². The van der Waals surface area contributed by atoms with Crippen molar-refractivity contribution >= 4 is 15.9 Å². The minimum Gasteiger partial charge on any atom is -0.493 e. The summed E-state index contributed by atoms with van der Waals surface area (Å²) in [5.41, 5.74) is 0. The molecule has 0 saturated heterocycles. The average molecular weight is 229 g/mol. The number of halogens is 1. The first-order valence-electron chi connectivity index (χ1n) is 4.07. The van der Waals surface area contributed by atoms with E-state index in [1.165, 1.54) is 0 Å². The van der Waals surface area contributed by atoms with Gasteiger partial charge in [0.15, 0.2) is 0 Å². The summed E-state index contributed by atoms with van der Waals surface area (Å²) in [6.45, 7) is 5.05. The van der Waals surface area contributed by atoms with Crippen LogP contribution in [-0.2, 0) is 0 Å². The van der Waals surface area contributed by atoms with Gasteiger partial charge in [-0.15, -0.1) is 0 Å². The summed E-state index contributed by atoms with van der Waals surface area (Å²) in [7, 11) is 0. The van der Waals surface area contributed by atoms with Crippen LogP contribution in [0.5, 0.6) is 5.75 Å². The lowest BCUT2D eigenvalue weighted by molar-refractivity contribution is 0.271. The molecular weight excluding hydrogens is 216 g/mol. The highest BCUT2D eigenvalue weighted by Gasteiger charge is 1.96. The van der Waals surface area contributed by atoms with E-state index in [1.807, 2.05) is 24.3 Å². The second kappa shape index (κ2) is 4.51. The van der Waals surface area contributed by atoms with Crippen LogP contribution in [0.4, 0.5) is 0 Å². The van der Waals surface area contributed by atoms with Gasteiger partial charge < -0.3 is 4.74 Å². The predicted molar refractivity (Wildman–Crippen MR) is 54.5 cm³/mol. The number of ether oxygens (including phenoxy) is 1. The average Bonchev–Trinajstić information content (AvgIpc) is 2.01. The fourth-order valence-electron chi connectivity index (χ4n) is 0.820.